The van der Waals surface area contributed by atoms with Crippen molar-refractivity contribution in [1.82, 2.24) is 0 Å². The molecular weight excluding hydrogens is 328 g/mol. The first-order valence-electron chi connectivity index (χ1n) is 8.87. The van der Waals surface area contributed by atoms with Gasteiger partial charge >= 0.3 is 0 Å². The Bertz CT molecular complexity index is 799. The molecule has 1 aliphatic heterocycles. The lowest BCUT2D eigenvalue weighted by molar-refractivity contribution is -0.122. The summed E-state index contributed by atoms with van der Waals surface area (Å²) in [6.07, 6.45) is 0.335. The lowest BCUT2D eigenvalue weighted by atomic mass is 10.1. The van der Waals surface area contributed by atoms with Gasteiger partial charge in [-0.05, 0) is 62.7 Å². The number of benzene rings is 2. The van der Waals surface area contributed by atoms with Crippen LogP contribution in [0.15, 0.2) is 48.5 Å². The Morgan fingerprint density at radius 1 is 1.19 bits per heavy atom. The van der Waals surface area contributed by atoms with Gasteiger partial charge in [-0.2, -0.15) is 0 Å². The molecule has 1 N–H and O–H groups in total. The molecule has 0 bridgehead atoms. The first-order valence-corrected chi connectivity index (χ1v) is 8.87. The van der Waals surface area contributed by atoms with Crippen LogP contribution in [0.3, 0.4) is 0 Å². The Hall–Kier alpha value is -2.82. The van der Waals surface area contributed by atoms with Crippen LogP contribution in [0, 0.1) is 12.8 Å². The maximum atomic E-state index is 12.5. The monoisotopic (exact) mass is 352 g/mol. The molecule has 1 heterocycles. The van der Waals surface area contributed by atoms with Gasteiger partial charge in [0.05, 0.1) is 12.0 Å². The van der Waals surface area contributed by atoms with Gasteiger partial charge in [0, 0.05) is 24.3 Å². The summed E-state index contributed by atoms with van der Waals surface area (Å²) in [6.45, 7) is 6.32. The Balaban J connectivity index is 1.63. The van der Waals surface area contributed by atoms with Crippen molar-refractivity contribution >= 4 is 23.2 Å². The van der Waals surface area contributed by atoms with E-state index in [1.54, 1.807) is 4.90 Å². The highest BCUT2D eigenvalue weighted by molar-refractivity contribution is 6.03. The molecule has 1 unspecified atom stereocenters. The highest BCUT2D eigenvalue weighted by Gasteiger charge is 2.35. The molecule has 0 aliphatic carbocycles. The molecule has 5 heteroatoms. The summed E-state index contributed by atoms with van der Waals surface area (Å²) in [5, 5.41) is 2.89. The van der Waals surface area contributed by atoms with E-state index in [9.17, 15) is 9.59 Å². The number of hydrogen-bond acceptors (Lipinski definition) is 3. The summed E-state index contributed by atoms with van der Waals surface area (Å²) in [5.74, 6) is 0.261. The summed E-state index contributed by atoms with van der Waals surface area (Å²) in [7, 11) is 0. The molecule has 0 saturated carbocycles. The standard InChI is InChI=1S/C21H24N2O3/c1-14(2)26-19-9-7-17(8-10-19)22-21(25)16-12-20(24)23(13-16)18-6-4-5-15(3)11-18/h4-11,14,16H,12-13H2,1-3H3,(H,22,25). The van der Waals surface area contributed by atoms with E-state index in [-0.39, 0.29) is 30.3 Å². The zero-order chi connectivity index (χ0) is 18.7. The van der Waals surface area contributed by atoms with E-state index < -0.39 is 0 Å². The van der Waals surface area contributed by atoms with Crippen molar-refractivity contribution in [3.63, 3.8) is 0 Å². The van der Waals surface area contributed by atoms with Gasteiger partial charge in [0.25, 0.3) is 0 Å². The average Bonchev–Trinajstić information content (AvgIpc) is 2.98. The van der Waals surface area contributed by atoms with Crippen LogP contribution >= 0.6 is 0 Å². The molecule has 26 heavy (non-hydrogen) atoms. The number of rotatable bonds is 5. The van der Waals surface area contributed by atoms with E-state index >= 15 is 0 Å². The number of nitrogens with one attached hydrogen (secondary N) is 1. The fraction of sp³-hybridized carbons (Fsp3) is 0.333. The highest BCUT2D eigenvalue weighted by Crippen LogP contribution is 2.27. The summed E-state index contributed by atoms with van der Waals surface area (Å²) < 4.78 is 5.60. The quantitative estimate of drug-likeness (QED) is 0.891. The largest absolute Gasteiger partial charge is 0.491 e. The lowest BCUT2D eigenvalue weighted by Gasteiger charge is -2.17. The van der Waals surface area contributed by atoms with Gasteiger partial charge in [-0.1, -0.05) is 12.1 Å². The first-order chi connectivity index (χ1) is 12.4. The SMILES string of the molecule is Cc1cccc(N2CC(C(=O)Nc3ccc(OC(C)C)cc3)CC2=O)c1. The smallest absolute Gasteiger partial charge is 0.229 e. The summed E-state index contributed by atoms with van der Waals surface area (Å²) >= 11 is 0. The minimum atomic E-state index is -0.352. The highest BCUT2D eigenvalue weighted by atomic mass is 16.5. The number of aryl methyl sites for hydroxylation is 1. The van der Waals surface area contributed by atoms with Crippen molar-refractivity contribution in [1.29, 1.82) is 0 Å². The molecule has 1 atom stereocenters. The Morgan fingerprint density at radius 2 is 1.92 bits per heavy atom. The molecular formula is C21H24N2O3. The normalized spacial score (nSPS) is 16.8. The Kier molecular flexibility index (Phi) is 5.26. The molecule has 3 rings (SSSR count). The fourth-order valence-electron chi connectivity index (χ4n) is 3.06. The third kappa shape index (κ3) is 4.23. The number of amides is 2. The van der Waals surface area contributed by atoms with Gasteiger partial charge in [-0.3, -0.25) is 9.59 Å². The second kappa shape index (κ2) is 7.60. The van der Waals surface area contributed by atoms with E-state index in [0.717, 1.165) is 17.0 Å². The van der Waals surface area contributed by atoms with Gasteiger partial charge in [-0.25, -0.2) is 0 Å². The summed E-state index contributed by atoms with van der Waals surface area (Å²) in [6, 6.07) is 15.1. The van der Waals surface area contributed by atoms with Crippen molar-refractivity contribution in [2.45, 2.75) is 33.3 Å². The molecule has 2 amide bonds. The summed E-state index contributed by atoms with van der Waals surface area (Å²) in [5.41, 5.74) is 2.64. The zero-order valence-electron chi connectivity index (χ0n) is 15.4. The third-order valence-electron chi connectivity index (χ3n) is 4.30. The van der Waals surface area contributed by atoms with Gasteiger partial charge in [-0.15, -0.1) is 0 Å². The zero-order valence-corrected chi connectivity index (χ0v) is 15.4. The van der Waals surface area contributed by atoms with Gasteiger partial charge < -0.3 is 15.0 Å². The van der Waals surface area contributed by atoms with Crippen LogP contribution in [0.5, 0.6) is 5.75 Å². The van der Waals surface area contributed by atoms with Gasteiger partial charge in [0.1, 0.15) is 5.75 Å². The first kappa shape index (κ1) is 18.0. The van der Waals surface area contributed by atoms with E-state index in [0.29, 0.717) is 12.2 Å². The van der Waals surface area contributed by atoms with Crippen LogP contribution in [0.2, 0.25) is 0 Å². The minimum Gasteiger partial charge on any atom is -0.491 e. The number of carbonyl (C=O) groups is 2. The molecule has 0 spiro atoms. The van der Waals surface area contributed by atoms with Crippen LogP contribution in [0.1, 0.15) is 25.8 Å². The maximum absolute atomic E-state index is 12.5. The maximum Gasteiger partial charge on any atom is 0.229 e. The second-order valence-corrected chi connectivity index (χ2v) is 6.92. The van der Waals surface area contributed by atoms with Crippen LogP contribution in [-0.4, -0.2) is 24.5 Å². The summed E-state index contributed by atoms with van der Waals surface area (Å²) in [4.78, 5) is 26.6. The van der Waals surface area contributed by atoms with E-state index in [1.165, 1.54) is 0 Å². The van der Waals surface area contributed by atoms with Gasteiger partial charge in [0.2, 0.25) is 11.8 Å². The number of carbonyl (C=O) groups excluding carboxylic acids is 2. The van der Waals surface area contributed by atoms with Gasteiger partial charge in [0.15, 0.2) is 0 Å². The van der Waals surface area contributed by atoms with E-state index in [2.05, 4.69) is 5.32 Å². The van der Waals surface area contributed by atoms with Crippen molar-refractivity contribution in [3.05, 3.63) is 54.1 Å². The molecule has 1 saturated heterocycles. The van der Waals surface area contributed by atoms with Crippen molar-refractivity contribution < 1.29 is 14.3 Å². The average molecular weight is 352 g/mol. The number of anilines is 2. The second-order valence-electron chi connectivity index (χ2n) is 6.92. The van der Waals surface area contributed by atoms with E-state index in [1.807, 2.05) is 69.3 Å². The predicted octanol–water partition coefficient (Wildman–Crippen LogP) is 3.77. The minimum absolute atomic E-state index is 0.0172. The van der Waals surface area contributed by atoms with Crippen LogP contribution in [0.4, 0.5) is 11.4 Å². The molecule has 2 aromatic carbocycles. The lowest BCUT2D eigenvalue weighted by Crippen LogP contribution is -2.28. The van der Waals surface area contributed by atoms with Crippen molar-refractivity contribution in [2.24, 2.45) is 5.92 Å². The molecule has 136 valence electrons. The number of hydrogen-bond donors (Lipinski definition) is 1. The Morgan fingerprint density at radius 3 is 2.58 bits per heavy atom. The molecule has 0 radical (unpaired) electrons. The van der Waals surface area contributed by atoms with Crippen LogP contribution < -0.4 is 15.0 Å². The van der Waals surface area contributed by atoms with Crippen LogP contribution in [-0.2, 0) is 9.59 Å². The molecule has 5 nitrogen and oxygen atoms in total. The van der Waals surface area contributed by atoms with E-state index in [4.69, 9.17) is 4.74 Å². The molecule has 1 fully saturated rings. The molecule has 0 aromatic heterocycles. The Labute approximate surface area is 154 Å². The topological polar surface area (TPSA) is 58.6 Å². The number of ether oxygens (including phenoxy) is 1. The van der Waals surface area contributed by atoms with Crippen molar-refractivity contribution in [2.75, 3.05) is 16.8 Å². The van der Waals surface area contributed by atoms with Crippen LogP contribution in [0.25, 0.3) is 0 Å². The predicted molar refractivity (Wildman–Crippen MR) is 102 cm³/mol. The number of nitrogens with zero attached hydrogens (tertiary/aromatic N) is 1. The molecule has 1 aliphatic rings. The fourth-order valence-corrected chi connectivity index (χ4v) is 3.06. The third-order valence-corrected chi connectivity index (χ3v) is 4.30. The molecule has 2 aromatic rings. The van der Waals surface area contributed by atoms with Crippen molar-refractivity contribution in [3.8, 4) is 5.75 Å².